The lowest BCUT2D eigenvalue weighted by atomic mass is 10.1. The van der Waals surface area contributed by atoms with Crippen LogP contribution in [0.25, 0.3) is 0 Å². The molecular formula is C22H27N3O4S. The summed E-state index contributed by atoms with van der Waals surface area (Å²) in [6.45, 7) is 5.33. The number of carbonyl (C=O) groups is 2. The first-order valence-corrected chi connectivity index (χ1v) is 11.2. The van der Waals surface area contributed by atoms with Gasteiger partial charge in [0.05, 0.1) is 24.4 Å². The third kappa shape index (κ3) is 4.29. The van der Waals surface area contributed by atoms with E-state index in [1.807, 2.05) is 18.2 Å². The molecule has 1 fully saturated rings. The molecule has 4 rings (SSSR count). The number of aryl methyl sites for hydroxylation is 1. The molecule has 0 spiro atoms. The molecule has 2 N–H and O–H groups in total. The quantitative estimate of drug-likeness (QED) is 0.687. The van der Waals surface area contributed by atoms with E-state index >= 15 is 0 Å². The Morgan fingerprint density at radius 2 is 1.93 bits per heavy atom. The number of benzene rings is 1. The van der Waals surface area contributed by atoms with Gasteiger partial charge in [-0.1, -0.05) is 12.1 Å². The van der Waals surface area contributed by atoms with Gasteiger partial charge in [0.25, 0.3) is 0 Å². The topological polar surface area (TPSA) is 82.1 Å². The molecule has 1 amide bonds. The third-order valence-electron chi connectivity index (χ3n) is 5.62. The van der Waals surface area contributed by atoms with Crippen LogP contribution in [0.15, 0.2) is 24.3 Å². The van der Waals surface area contributed by atoms with Crippen molar-refractivity contribution in [3.05, 3.63) is 40.3 Å². The first-order valence-electron chi connectivity index (χ1n) is 10.4. The predicted molar refractivity (Wildman–Crippen MR) is 118 cm³/mol. The number of para-hydroxylation sites is 2. The molecule has 2 heterocycles. The molecule has 1 aliphatic heterocycles. The van der Waals surface area contributed by atoms with Gasteiger partial charge < -0.3 is 20.1 Å². The third-order valence-corrected chi connectivity index (χ3v) is 6.82. The molecule has 0 radical (unpaired) electrons. The van der Waals surface area contributed by atoms with Crippen LogP contribution >= 0.6 is 11.3 Å². The lowest BCUT2D eigenvalue weighted by Crippen LogP contribution is -2.48. The minimum Gasteiger partial charge on any atom is -0.506 e. The van der Waals surface area contributed by atoms with Crippen LogP contribution < -0.4 is 10.2 Å². The summed E-state index contributed by atoms with van der Waals surface area (Å²) < 4.78 is 5.23. The van der Waals surface area contributed by atoms with Crippen molar-refractivity contribution in [1.29, 1.82) is 0 Å². The number of rotatable bonds is 6. The molecule has 0 saturated carbocycles. The van der Waals surface area contributed by atoms with Gasteiger partial charge in [-0.3, -0.25) is 9.69 Å². The molecule has 7 nitrogen and oxygen atoms in total. The second-order valence-electron chi connectivity index (χ2n) is 7.58. The number of phenols is 1. The minimum absolute atomic E-state index is 0.114. The number of carbonyl (C=O) groups excluding carboxylic acids is 2. The highest BCUT2D eigenvalue weighted by atomic mass is 32.1. The smallest absolute Gasteiger partial charge is 0.341 e. The fraction of sp³-hybridized carbons (Fsp3) is 0.455. The van der Waals surface area contributed by atoms with Gasteiger partial charge in [-0.15, -0.1) is 11.3 Å². The fourth-order valence-electron chi connectivity index (χ4n) is 4.16. The SMILES string of the molecule is CCOC(=O)c1c(NC(=O)CN2CCN(c3ccccc3O)CC2)sc2c1CCC2. The predicted octanol–water partition coefficient (Wildman–Crippen LogP) is 2.88. The first-order chi connectivity index (χ1) is 14.6. The second kappa shape index (κ2) is 9.06. The van der Waals surface area contributed by atoms with E-state index in [0.717, 1.165) is 56.7 Å². The summed E-state index contributed by atoms with van der Waals surface area (Å²) in [5.41, 5.74) is 2.42. The number of fused-ring (bicyclic) bond motifs is 1. The number of hydrogen-bond acceptors (Lipinski definition) is 7. The second-order valence-corrected chi connectivity index (χ2v) is 8.69. The highest BCUT2D eigenvalue weighted by Crippen LogP contribution is 2.39. The summed E-state index contributed by atoms with van der Waals surface area (Å²) in [4.78, 5) is 30.6. The van der Waals surface area contributed by atoms with Gasteiger partial charge in [-0.2, -0.15) is 0 Å². The Bertz CT molecular complexity index is 934. The summed E-state index contributed by atoms with van der Waals surface area (Å²) in [7, 11) is 0. The van der Waals surface area contributed by atoms with E-state index in [1.54, 1.807) is 13.0 Å². The van der Waals surface area contributed by atoms with E-state index in [4.69, 9.17) is 4.74 Å². The molecule has 8 heteroatoms. The van der Waals surface area contributed by atoms with E-state index in [0.29, 0.717) is 17.2 Å². The Morgan fingerprint density at radius 1 is 1.17 bits per heavy atom. The number of hydrogen-bond donors (Lipinski definition) is 2. The summed E-state index contributed by atoms with van der Waals surface area (Å²) in [5, 5.41) is 13.6. The number of nitrogens with one attached hydrogen (secondary N) is 1. The van der Waals surface area contributed by atoms with Gasteiger partial charge in [0.1, 0.15) is 10.8 Å². The van der Waals surface area contributed by atoms with Crippen LogP contribution in [-0.2, 0) is 22.4 Å². The van der Waals surface area contributed by atoms with Crippen molar-refractivity contribution in [3.8, 4) is 5.75 Å². The maximum absolute atomic E-state index is 12.7. The van der Waals surface area contributed by atoms with Crippen molar-refractivity contribution < 1.29 is 19.4 Å². The summed E-state index contributed by atoms with van der Waals surface area (Å²) in [6, 6.07) is 7.32. The van der Waals surface area contributed by atoms with Crippen LogP contribution in [0.1, 0.15) is 34.1 Å². The van der Waals surface area contributed by atoms with Gasteiger partial charge in [0, 0.05) is 31.1 Å². The van der Waals surface area contributed by atoms with Crippen LogP contribution in [0, 0.1) is 0 Å². The molecule has 1 aliphatic carbocycles. The average molecular weight is 430 g/mol. The van der Waals surface area contributed by atoms with Crippen molar-refractivity contribution >= 4 is 33.9 Å². The number of esters is 1. The monoisotopic (exact) mass is 429 g/mol. The molecule has 0 atom stereocenters. The Morgan fingerprint density at radius 3 is 2.67 bits per heavy atom. The molecule has 2 aliphatic rings. The van der Waals surface area contributed by atoms with Crippen molar-refractivity contribution in [1.82, 2.24) is 4.90 Å². The Labute approximate surface area is 180 Å². The van der Waals surface area contributed by atoms with Crippen LogP contribution in [0.4, 0.5) is 10.7 Å². The van der Waals surface area contributed by atoms with Gasteiger partial charge in [0.15, 0.2) is 0 Å². The van der Waals surface area contributed by atoms with Gasteiger partial charge in [0.2, 0.25) is 5.91 Å². The molecule has 0 bridgehead atoms. The Hall–Kier alpha value is -2.58. The highest BCUT2D eigenvalue weighted by Gasteiger charge is 2.29. The van der Waals surface area contributed by atoms with E-state index in [2.05, 4.69) is 15.1 Å². The van der Waals surface area contributed by atoms with E-state index in [-0.39, 0.29) is 24.2 Å². The molecule has 30 heavy (non-hydrogen) atoms. The maximum Gasteiger partial charge on any atom is 0.341 e. The Kier molecular flexibility index (Phi) is 6.24. The fourth-order valence-corrected chi connectivity index (χ4v) is 5.45. The van der Waals surface area contributed by atoms with Crippen molar-refractivity contribution in [2.45, 2.75) is 26.2 Å². The number of thiophene rings is 1. The summed E-state index contributed by atoms with van der Waals surface area (Å²) >= 11 is 1.51. The highest BCUT2D eigenvalue weighted by molar-refractivity contribution is 7.17. The zero-order chi connectivity index (χ0) is 21.1. The molecule has 1 aromatic heterocycles. The zero-order valence-electron chi connectivity index (χ0n) is 17.1. The number of amides is 1. The van der Waals surface area contributed by atoms with E-state index in [1.165, 1.54) is 16.2 Å². The largest absolute Gasteiger partial charge is 0.506 e. The molecular weight excluding hydrogens is 402 g/mol. The van der Waals surface area contributed by atoms with E-state index in [9.17, 15) is 14.7 Å². The van der Waals surface area contributed by atoms with Crippen molar-refractivity contribution in [2.75, 3.05) is 49.5 Å². The van der Waals surface area contributed by atoms with Gasteiger partial charge in [-0.05, 0) is 43.9 Å². The summed E-state index contributed by atoms with van der Waals surface area (Å²) in [6.07, 6.45) is 2.86. The number of piperazine rings is 1. The first kappa shape index (κ1) is 20.7. The van der Waals surface area contributed by atoms with Crippen LogP contribution in [0.2, 0.25) is 0 Å². The van der Waals surface area contributed by atoms with Crippen molar-refractivity contribution in [2.24, 2.45) is 0 Å². The number of nitrogens with zero attached hydrogens (tertiary/aromatic N) is 2. The number of anilines is 2. The zero-order valence-corrected chi connectivity index (χ0v) is 18.0. The molecule has 160 valence electrons. The van der Waals surface area contributed by atoms with Gasteiger partial charge >= 0.3 is 5.97 Å². The maximum atomic E-state index is 12.7. The lowest BCUT2D eigenvalue weighted by Gasteiger charge is -2.35. The van der Waals surface area contributed by atoms with Crippen molar-refractivity contribution in [3.63, 3.8) is 0 Å². The lowest BCUT2D eigenvalue weighted by molar-refractivity contribution is -0.117. The number of aromatic hydroxyl groups is 1. The molecule has 0 unspecified atom stereocenters. The molecule has 1 aromatic carbocycles. The number of phenolic OH excluding ortho intramolecular Hbond substituents is 1. The average Bonchev–Trinajstić information content (AvgIpc) is 3.30. The van der Waals surface area contributed by atoms with Crippen LogP contribution in [-0.4, -0.2) is 61.2 Å². The standard InChI is InChI=1S/C22H27N3O4S/c1-2-29-22(28)20-15-6-5-9-18(15)30-21(20)23-19(27)14-24-10-12-25(13-11-24)16-7-3-4-8-17(16)26/h3-4,7-8,26H,2,5-6,9-14H2,1H3,(H,23,27). The number of ether oxygens (including phenoxy) is 1. The molecule has 1 saturated heterocycles. The van der Waals surface area contributed by atoms with Crippen LogP contribution in [0.5, 0.6) is 5.75 Å². The summed E-state index contributed by atoms with van der Waals surface area (Å²) in [5.74, 6) is -0.180. The Balaban J connectivity index is 1.36. The normalized spacial score (nSPS) is 16.4. The van der Waals surface area contributed by atoms with E-state index < -0.39 is 0 Å². The molecule has 2 aromatic rings. The van der Waals surface area contributed by atoms with Crippen LogP contribution in [0.3, 0.4) is 0 Å². The minimum atomic E-state index is -0.344. The van der Waals surface area contributed by atoms with Gasteiger partial charge in [-0.25, -0.2) is 4.79 Å².